The number of likely N-dealkylation sites (tertiary alicyclic amines) is 1. The Morgan fingerprint density at radius 2 is 2.06 bits per heavy atom. The van der Waals surface area contributed by atoms with E-state index in [1.807, 2.05) is 12.1 Å². The molecule has 1 aromatic carbocycles. The van der Waals surface area contributed by atoms with Crippen LogP contribution in [0.15, 0.2) is 30.5 Å². The second kappa shape index (κ2) is 8.75. The van der Waals surface area contributed by atoms with Crippen molar-refractivity contribution in [3.8, 4) is 17.0 Å². The number of halogens is 3. The number of aryl methyl sites for hydroxylation is 1. The van der Waals surface area contributed by atoms with Crippen LogP contribution in [-0.2, 0) is 11.3 Å². The largest absolute Gasteiger partial charge is 0.479 e. The fourth-order valence-corrected chi connectivity index (χ4v) is 4.53. The summed E-state index contributed by atoms with van der Waals surface area (Å²) in [6.07, 6.45) is -2.04. The number of hydrogen-bond acceptors (Lipinski definition) is 6. The van der Waals surface area contributed by atoms with Crippen LogP contribution in [0.5, 0.6) is 5.88 Å². The first-order chi connectivity index (χ1) is 16.7. The zero-order chi connectivity index (χ0) is 24.9. The number of imidazole rings is 1. The Kier molecular flexibility index (Phi) is 5.73. The second-order valence-corrected chi connectivity index (χ2v) is 8.52. The van der Waals surface area contributed by atoms with Crippen molar-refractivity contribution in [1.29, 1.82) is 0 Å². The molecule has 4 aromatic rings. The standard InChI is InChI=1S/C23H24F3N7O2/c1-12-27-17-5-4-14(8-19(17)32(12)11-20(25)26)15-6-7-33-21(15)22(35-3)29-23(30-33)28-18-10-31(13(2)34)9-16(18)24/h4-8,16,18,20H,9-11H2,1-3H3,(H,28,30)/t16-,18+/m1/s1. The quantitative estimate of drug-likeness (QED) is 0.449. The smallest absolute Gasteiger partial charge is 0.256 e. The van der Waals surface area contributed by atoms with Gasteiger partial charge in [-0.15, -0.1) is 5.10 Å². The van der Waals surface area contributed by atoms with Crippen molar-refractivity contribution in [1.82, 2.24) is 29.0 Å². The van der Waals surface area contributed by atoms with E-state index in [2.05, 4.69) is 20.4 Å². The third-order valence-corrected chi connectivity index (χ3v) is 6.25. The average Bonchev–Trinajstić information content (AvgIpc) is 3.49. The van der Waals surface area contributed by atoms with Gasteiger partial charge in [0.2, 0.25) is 17.7 Å². The van der Waals surface area contributed by atoms with E-state index in [9.17, 15) is 18.0 Å². The molecular weight excluding hydrogens is 463 g/mol. The maximum Gasteiger partial charge on any atom is 0.256 e. The zero-order valence-corrected chi connectivity index (χ0v) is 19.4. The Morgan fingerprint density at radius 1 is 1.26 bits per heavy atom. The number of nitrogens with zero attached hydrogens (tertiary/aromatic N) is 6. The molecule has 0 radical (unpaired) electrons. The fraction of sp³-hybridized carbons (Fsp3) is 0.391. The number of hydrogen-bond donors (Lipinski definition) is 1. The number of methoxy groups -OCH3 is 1. The van der Waals surface area contributed by atoms with Crippen LogP contribution in [0.2, 0.25) is 0 Å². The van der Waals surface area contributed by atoms with Crippen LogP contribution in [0, 0.1) is 6.92 Å². The molecule has 0 spiro atoms. The first kappa shape index (κ1) is 22.9. The summed E-state index contributed by atoms with van der Waals surface area (Å²) in [5, 5.41) is 7.42. The number of anilines is 1. The van der Waals surface area contributed by atoms with Gasteiger partial charge in [0.1, 0.15) is 17.5 Å². The molecule has 1 N–H and O–H groups in total. The van der Waals surface area contributed by atoms with Crippen molar-refractivity contribution in [3.05, 3.63) is 36.3 Å². The molecule has 1 fully saturated rings. The van der Waals surface area contributed by atoms with Gasteiger partial charge in [-0.2, -0.15) is 4.98 Å². The van der Waals surface area contributed by atoms with Gasteiger partial charge in [0.15, 0.2) is 0 Å². The van der Waals surface area contributed by atoms with Crippen molar-refractivity contribution in [2.75, 3.05) is 25.5 Å². The van der Waals surface area contributed by atoms with Crippen molar-refractivity contribution in [2.45, 2.75) is 39.0 Å². The monoisotopic (exact) mass is 487 g/mol. The topological polar surface area (TPSA) is 89.6 Å². The van der Waals surface area contributed by atoms with Gasteiger partial charge in [0.25, 0.3) is 6.43 Å². The van der Waals surface area contributed by atoms with E-state index in [0.717, 1.165) is 11.1 Å². The molecule has 0 unspecified atom stereocenters. The van der Waals surface area contributed by atoms with Gasteiger partial charge in [-0.3, -0.25) is 4.79 Å². The Hall–Kier alpha value is -3.83. The number of fused-ring (bicyclic) bond motifs is 2. The molecule has 35 heavy (non-hydrogen) atoms. The van der Waals surface area contributed by atoms with Crippen LogP contribution >= 0.6 is 0 Å². The number of benzene rings is 1. The lowest BCUT2D eigenvalue weighted by Gasteiger charge is -2.16. The molecule has 5 rings (SSSR count). The summed E-state index contributed by atoms with van der Waals surface area (Å²) in [6, 6.07) is 6.63. The van der Waals surface area contributed by atoms with Gasteiger partial charge < -0.3 is 19.5 Å². The summed E-state index contributed by atoms with van der Waals surface area (Å²) in [7, 11) is 1.47. The summed E-state index contributed by atoms with van der Waals surface area (Å²) in [4.78, 5) is 21.8. The minimum atomic E-state index is -2.50. The summed E-state index contributed by atoms with van der Waals surface area (Å²) in [5.41, 5.74) is 3.30. The van der Waals surface area contributed by atoms with E-state index in [1.54, 1.807) is 29.8 Å². The number of ether oxygens (including phenoxy) is 1. The van der Waals surface area contributed by atoms with Crippen LogP contribution in [0.25, 0.3) is 27.7 Å². The summed E-state index contributed by atoms with van der Waals surface area (Å²) >= 11 is 0. The molecule has 1 amide bonds. The maximum absolute atomic E-state index is 14.4. The maximum atomic E-state index is 14.4. The third kappa shape index (κ3) is 4.13. The average molecular weight is 487 g/mol. The zero-order valence-electron chi connectivity index (χ0n) is 19.4. The van der Waals surface area contributed by atoms with Crippen molar-refractivity contribution < 1.29 is 22.7 Å². The van der Waals surface area contributed by atoms with E-state index in [4.69, 9.17) is 4.74 Å². The number of aromatic nitrogens is 5. The van der Waals surface area contributed by atoms with E-state index in [0.29, 0.717) is 22.4 Å². The molecule has 184 valence electrons. The highest BCUT2D eigenvalue weighted by atomic mass is 19.3. The van der Waals surface area contributed by atoms with Crippen LogP contribution in [-0.4, -0.2) is 73.8 Å². The Balaban J connectivity index is 1.52. The predicted molar refractivity (Wildman–Crippen MR) is 124 cm³/mol. The van der Waals surface area contributed by atoms with Crippen LogP contribution in [0.4, 0.5) is 19.1 Å². The Bertz CT molecular complexity index is 1420. The minimum Gasteiger partial charge on any atom is -0.479 e. The fourth-order valence-electron chi connectivity index (χ4n) is 4.53. The molecule has 2 atom stereocenters. The number of nitrogens with one attached hydrogen (secondary N) is 1. The van der Waals surface area contributed by atoms with Crippen molar-refractivity contribution in [3.63, 3.8) is 0 Å². The highest BCUT2D eigenvalue weighted by Gasteiger charge is 2.35. The SMILES string of the molecule is COc1nc(N[C@H]2CN(C(C)=O)C[C@H]2F)nn2ccc(-c3ccc4nc(C)n(CC(F)F)c4c3)c12. The van der Waals surface area contributed by atoms with Crippen LogP contribution in [0.3, 0.4) is 0 Å². The molecule has 4 heterocycles. The summed E-state index contributed by atoms with van der Waals surface area (Å²) < 4.78 is 49.3. The first-order valence-electron chi connectivity index (χ1n) is 11.1. The second-order valence-electron chi connectivity index (χ2n) is 8.52. The number of carbonyl (C=O) groups excluding carboxylic acids is 1. The highest BCUT2D eigenvalue weighted by molar-refractivity contribution is 5.90. The van der Waals surface area contributed by atoms with Gasteiger partial charge in [0, 0.05) is 25.2 Å². The lowest BCUT2D eigenvalue weighted by Crippen LogP contribution is -2.32. The van der Waals surface area contributed by atoms with Gasteiger partial charge in [0.05, 0.1) is 37.3 Å². The third-order valence-electron chi connectivity index (χ3n) is 6.25. The number of alkyl halides is 3. The molecule has 0 saturated carbocycles. The normalized spacial score (nSPS) is 18.2. The molecule has 0 bridgehead atoms. The van der Waals surface area contributed by atoms with Crippen molar-refractivity contribution >= 4 is 28.4 Å². The Labute approximate surface area is 198 Å². The van der Waals surface area contributed by atoms with Gasteiger partial charge in [-0.05, 0) is 30.7 Å². The minimum absolute atomic E-state index is 0.0180. The number of amides is 1. The lowest BCUT2D eigenvalue weighted by atomic mass is 10.1. The molecule has 12 heteroatoms. The van der Waals surface area contributed by atoms with E-state index in [-0.39, 0.29) is 30.8 Å². The van der Waals surface area contributed by atoms with Crippen molar-refractivity contribution in [2.24, 2.45) is 0 Å². The van der Waals surface area contributed by atoms with E-state index in [1.165, 1.54) is 23.5 Å². The molecule has 1 aliphatic rings. The summed E-state index contributed by atoms with van der Waals surface area (Å²) in [6.45, 7) is 2.89. The van der Waals surface area contributed by atoms with E-state index >= 15 is 0 Å². The number of carbonyl (C=O) groups is 1. The molecule has 9 nitrogen and oxygen atoms in total. The summed E-state index contributed by atoms with van der Waals surface area (Å²) in [5.74, 6) is 0.743. The Morgan fingerprint density at radius 3 is 2.74 bits per heavy atom. The lowest BCUT2D eigenvalue weighted by molar-refractivity contribution is -0.128. The highest BCUT2D eigenvalue weighted by Crippen LogP contribution is 2.33. The van der Waals surface area contributed by atoms with Crippen LogP contribution in [0.1, 0.15) is 12.7 Å². The van der Waals surface area contributed by atoms with Crippen LogP contribution < -0.4 is 10.1 Å². The van der Waals surface area contributed by atoms with E-state index < -0.39 is 25.2 Å². The first-order valence-corrected chi connectivity index (χ1v) is 11.1. The molecular formula is C23H24F3N7O2. The van der Waals surface area contributed by atoms with Gasteiger partial charge in [-0.25, -0.2) is 22.7 Å². The number of rotatable bonds is 6. The molecule has 1 aliphatic heterocycles. The molecule has 1 saturated heterocycles. The molecule has 3 aromatic heterocycles. The predicted octanol–water partition coefficient (Wildman–Crippen LogP) is 3.31. The van der Waals surface area contributed by atoms with Gasteiger partial charge >= 0.3 is 0 Å². The van der Waals surface area contributed by atoms with Gasteiger partial charge in [-0.1, -0.05) is 6.07 Å². The molecule has 0 aliphatic carbocycles.